The summed E-state index contributed by atoms with van der Waals surface area (Å²) in [5.74, 6) is -1.09. The van der Waals surface area contributed by atoms with Gasteiger partial charge in [0, 0.05) is 12.8 Å². The number of ether oxygens (including phenoxy) is 2. The van der Waals surface area contributed by atoms with E-state index in [0.717, 1.165) is 51.4 Å². The van der Waals surface area contributed by atoms with E-state index in [9.17, 15) is 44.6 Å². The number of esters is 2. The van der Waals surface area contributed by atoms with Crippen molar-refractivity contribution in [3.05, 3.63) is 12.2 Å². The van der Waals surface area contributed by atoms with Crippen molar-refractivity contribution in [2.75, 3.05) is 13.2 Å². The van der Waals surface area contributed by atoms with Crippen LogP contribution in [0, 0.1) is 0 Å². The summed E-state index contributed by atoms with van der Waals surface area (Å²) in [7, 11) is -5.12. The van der Waals surface area contributed by atoms with Gasteiger partial charge in [0.15, 0.2) is 6.10 Å². The van der Waals surface area contributed by atoms with Crippen LogP contribution in [0.2, 0.25) is 0 Å². The molecule has 63 heavy (non-hydrogen) atoms. The van der Waals surface area contributed by atoms with Crippen LogP contribution in [0.4, 0.5) is 0 Å². The summed E-state index contributed by atoms with van der Waals surface area (Å²) >= 11 is 0. The largest absolute Gasteiger partial charge is 0.472 e. The summed E-state index contributed by atoms with van der Waals surface area (Å²) in [6.07, 6.45) is 29.7. The zero-order valence-electron chi connectivity index (χ0n) is 39.6. The average molecular weight is 921 g/mol. The number of aliphatic hydroxyl groups is 5. The quantitative estimate of drug-likeness (QED) is 0.0146. The maximum atomic E-state index is 12.8. The number of phosphoric ester groups is 1. The van der Waals surface area contributed by atoms with Crippen LogP contribution >= 0.6 is 7.82 Å². The van der Waals surface area contributed by atoms with Crippen LogP contribution in [0.15, 0.2) is 12.2 Å². The molecule has 0 saturated heterocycles. The lowest BCUT2D eigenvalue weighted by atomic mass is 9.85. The third-order valence-electron chi connectivity index (χ3n) is 12.1. The smallest absolute Gasteiger partial charge is 0.462 e. The molecule has 1 saturated carbocycles. The minimum absolute atomic E-state index is 0.0990. The Morgan fingerprint density at radius 2 is 0.810 bits per heavy atom. The van der Waals surface area contributed by atoms with E-state index >= 15 is 0 Å². The van der Waals surface area contributed by atoms with Gasteiger partial charge in [0.1, 0.15) is 43.2 Å². The minimum Gasteiger partial charge on any atom is -0.462 e. The fourth-order valence-corrected chi connectivity index (χ4v) is 8.96. The topological polar surface area (TPSA) is 210 Å². The third-order valence-corrected chi connectivity index (χ3v) is 13.1. The Bertz CT molecular complexity index is 1160. The zero-order chi connectivity index (χ0) is 46.4. The minimum atomic E-state index is -5.12. The number of carbonyl (C=O) groups is 2. The number of aliphatic hydroxyl groups excluding tert-OH is 5. The van der Waals surface area contributed by atoms with Crippen molar-refractivity contribution in [3.63, 3.8) is 0 Å². The molecule has 372 valence electrons. The molecule has 0 amide bonds. The van der Waals surface area contributed by atoms with Crippen molar-refractivity contribution in [2.45, 2.75) is 275 Å². The Balaban J connectivity index is 2.40. The van der Waals surface area contributed by atoms with Gasteiger partial charge in [-0.25, -0.2) is 4.57 Å². The van der Waals surface area contributed by atoms with E-state index in [4.69, 9.17) is 18.5 Å². The van der Waals surface area contributed by atoms with Crippen molar-refractivity contribution in [2.24, 2.45) is 0 Å². The highest BCUT2D eigenvalue weighted by atomic mass is 31.2. The summed E-state index contributed by atoms with van der Waals surface area (Å²) in [5.41, 5.74) is 0. The lowest BCUT2D eigenvalue weighted by Crippen LogP contribution is -2.64. The summed E-state index contributed by atoms with van der Waals surface area (Å²) in [4.78, 5) is 35.8. The molecule has 1 aliphatic carbocycles. The second-order valence-electron chi connectivity index (χ2n) is 18.0. The highest BCUT2D eigenvalue weighted by Gasteiger charge is 2.51. The summed E-state index contributed by atoms with van der Waals surface area (Å²) in [6, 6.07) is 0. The predicted molar refractivity (Wildman–Crippen MR) is 249 cm³/mol. The first kappa shape index (κ1) is 59.6. The molecule has 14 heteroatoms. The first-order valence-corrected chi connectivity index (χ1v) is 27.0. The van der Waals surface area contributed by atoms with Crippen molar-refractivity contribution in [3.8, 4) is 0 Å². The number of unbranched alkanes of at least 4 members (excludes halogenated alkanes) is 29. The van der Waals surface area contributed by atoms with Gasteiger partial charge < -0.3 is 39.9 Å². The molecule has 0 aromatic heterocycles. The van der Waals surface area contributed by atoms with Gasteiger partial charge in [0.2, 0.25) is 0 Å². The van der Waals surface area contributed by atoms with Crippen molar-refractivity contribution in [1.82, 2.24) is 0 Å². The predicted octanol–water partition coefficient (Wildman–Crippen LogP) is 10.6. The van der Waals surface area contributed by atoms with Gasteiger partial charge in [0.25, 0.3) is 0 Å². The molecule has 0 bridgehead atoms. The standard InChI is InChI=1S/C49H93O13P/c1-3-5-7-9-11-13-15-17-19-20-21-22-24-26-28-30-32-34-36-38-43(51)61-41(40-60-63(57,58)62-49-47(55)45(53)44(52)46(54)48(49)56)39-59-42(50)37-35-33-31-29-27-25-23-18-16-14-12-10-8-6-4-2/h17,19,41,44-49,52-56H,3-16,18,20-40H2,1-2H3,(H,57,58)/b19-17-. The maximum absolute atomic E-state index is 12.8. The van der Waals surface area contributed by atoms with Gasteiger partial charge in [-0.3, -0.25) is 18.6 Å². The van der Waals surface area contributed by atoms with Gasteiger partial charge in [0.05, 0.1) is 6.61 Å². The first-order valence-electron chi connectivity index (χ1n) is 25.5. The van der Waals surface area contributed by atoms with Gasteiger partial charge >= 0.3 is 19.8 Å². The molecule has 13 nitrogen and oxygen atoms in total. The van der Waals surface area contributed by atoms with Gasteiger partial charge in [-0.2, -0.15) is 0 Å². The lowest BCUT2D eigenvalue weighted by Gasteiger charge is -2.41. The molecule has 0 aromatic carbocycles. The van der Waals surface area contributed by atoms with E-state index in [1.54, 1.807) is 0 Å². The van der Waals surface area contributed by atoms with Crippen LogP contribution in [-0.4, -0.2) is 98.3 Å². The molecule has 0 aromatic rings. The molecule has 0 spiro atoms. The number of phosphoric acid groups is 1. The maximum Gasteiger partial charge on any atom is 0.472 e. The fourth-order valence-electron chi connectivity index (χ4n) is 7.99. The summed E-state index contributed by atoms with van der Waals surface area (Å²) in [6.45, 7) is 3.33. The van der Waals surface area contributed by atoms with Crippen LogP contribution in [0.5, 0.6) is 0 Å². The molecular weight excluding hydrogens is 828 g/mol. The van der Waals surface area contributed by atoms with E-state index in [-0.39, 0.29) is 12.8 Å². The van der Waals surface area contributed by atoms with Crippen LogP contribution < -0.4 is 0 Å². The molecule has 0 heterocycles. The third kappa shape index (κ3) is 32.0. The van der Waals surface area contributed by atoms with Crippen LogP contribution in [-0.2, 0) is 32.7 Å². The molecule has 6 unspecified atom stereocenters. The van der Waals surface area contributed by atoms with E-state index in [1.165, 1.54) is 141 Å². The van der Waals surface area contributed by atoms with Crippen molar-refractivity contribution in [1.29, 1.82) is 0 Å². The highest BCUT2D eigenvalue weighted by molar-refractivity contribution is 7.47. The second-order valence-corrected chi connectivity index (χ2v) is 19.4. The van der Waals surface area contributed by atoms with Crippen LogP contribution in [0.3, 0.4) is 0 Å². The molecule has 6 N–H and O–H groups in total. The summed E-state index contributed by atoms with van der Waals surface area (Å²) < 4.78 is 33.6. The fraction of sp³-hybridized carbons (Fsp3) is 0.918. The normalized spacial score (nSPS) is 21.7. The molecule has 1 fully saturated rings. The first-order chi connectivity index (χ1) is 30.4. The highest BCUT2D eigenvalue weighted by Crippen LogP contribution is 2.47. The van der Waals surface area contributed by atoms with Crippen LogP contribution in [0.25, 0.3) is 0 Å². The van der Waals surface area contributed by atoms with E-state index < -0.39 is 75.7 Å². The average Bonchev–Trinajstić information content (AvgIpc) is 3.26. The Kier molecular flexibility index (Phi) is 37.6. The molecule has 1 rings (SSSR count). The SMILES string of the molecule is CCCCCCCC/C=C\CCCCCCCCCCCC(=O)OC(COC(=O)CCCCCCCCCCCCCCCCC)COP(=O)(O)OC1C(O)C(O)C(O)C(O)C1O. The Hall–Kier alpha value is -1.41. The summed E-state index contributed by atoms with van der Waals surface area (Å²) in [5, 5.41) is 50.2. The van der Waals surface area contributed by atoms with Crippen LogP contribution in [0.1, 0.15) is 232 Å². The lowest BCUT2D eigenvalue weighted by molar-refractivity contribution is -0.220. The molecule has 1 aliphatic rings. The Labute approximate surface area is 382 Å². The second kappa shape index (κ2) is 39.7. The monoisotopic (exact) mass is 921 g/mol. The Morgan fingerprint density at radius 3 is 1.21 bits per heavy atom. The van der Waals surface area contributed by atoms with Gasteiger partial charge in [-0.05, 0) is 38.5 Å². The molecule has 6 atom stereocenters. The zero-order valence-corrected chi connectivity index (χ0v) is 40.5. The van der Waals surface area contributed by atoms with E-state index in [2.05, 4.69) is 26.0 Å². The molecule has 0 radical (unpaired) electrons. The van der Waals surface area contributed by atoms with Gasteiger partial charge in [-0.1, -0.05) is 193 Å². The van der Waals surface area contributed by atoms with Crippen molar-refractivity contribution < 1.29 is 63.1 Å². The number of hydrogen-bond acceptors (Lipinski definition) is 12. The van der Waals surface area contributed by atoms with E-state index in [1.807, 2.05) is 0 Å². The number of allylic oxidation sites excluding steroid dienone is 2. The molecular formula is C49H93O13P. The number of carbonyl (C=O) groups excluding carboxylic acids is 2. The van der Waals surface area contributed by atoms with Crippen molar-refractivity contribution >= 4 is 19.8 Å². The van der Waals surface area contributed by atoms with E-state index in [0.29, 0.717) is 12.8 Å². The van der Waals surface area contributed by atoms with Gasteiger partial charge in [-0.15, -0.1) is 0 Å². The molecule has 0 aliphatic heterocycles. The number of rotatable bonds is 43. The number of hydrogen-bond donors (Lipinski definition) is 6. The Morgan fingerprint density at radius 1 is 0.476 bits per heavy atom.